The number of hydrogen-bond donors (Lipinski definition) is 0. The highest BCUT2D eigenvalue weighted by molar-refractivity contribution is 6.13. The Labute approximate surface area is 420 Å². The lowest BCUT2D eigenvalue weighted by molar-refractivity contribution is 0.306. The second-order valence-electron chi connectivity index (χ2n) is 19.8. The number of unbranched alkanes of at least 4 members (excludes halogenated alkanes) is 16. The van der Waals surface area contributed by atoms with Crippen molar-refractivity contribution in [2.45, 2.75) is 169 Å². The number of fused-ring (bicyclic) bond motifs is 2. The van der Waals surface area contributed by atoms with Gasteiger partial charge in [-0.1, -0.05) is 228 Å². The van der Waals surface area contributed by atoms with Crippen molar-refractivity contribution in [3.8, 4) is 56.0 Å². The molecule has 0 atom stereocenters. The molecule has 7 aromatic carbocycles. The topological polar surface area (TPSA) is 18.5 Å². The second kappa shape index (κ2) is 27.8. The molecule has 0 aliphatic carbocycles. The van der Waals surface area contributed by atoms with E-state index < -0.39 is 0 Å². The van der Waals surface area contributed by atoms with Crippen molar-refractivity contribution in [1.29, 1.82) is 0 Å². The fourth-order valence-corrected chi connectivity index (χ4v) is 10.1. The van der Waals surface area contributed by atoms with Gasteiger partial charge in [-0.25, -0.2) is 8.78 Å². The maximum atomic E-state index is 16.1. The Morgan fingerprint density at radius 3 is 0.957 bits per heavy atom. The third-order valence-electron chi connectivity index (χ3n) is 14.2. The van der Waals surface area contributed by atoms with Crippen molar-refractivity contribution >= 4 is 21.5 Å². The van der Waals surface area contributed by atoms with E-state index in [1.165, 1.54) is 101 Å². The Morgan fingerprint density at radius 2 is 0.614 bits per heavy atom. The van der Waals surface area contributed by atoms with Gasteiger partial charge in [-0.3, -0.25) is 0 Å². The molecule has 0 aliphatic rings. The first-order chi connectivity index (χ1) is 34.4. The molecule has 0 aromatic heterocycles. The van der Waals surface area contributed by atoms with Crippen LogP contribution < -0.4 is 9.47 Å². The predicted octanol–water partition coefficient (Wildman–Crippen LogP) is 20.7. The van der Waals surface area contributed by atoms with Crippen molar-refractivity contribution in [2.75, 3.05) is 13.2 Å². The molecule has 0 saturated heterocycles. The largest absolute Gasteiger partial charge is 0.492 e. The zero-order valence-electron chi connectivity index (χ0n) is 43.1. The van der Waals surface area contributed by atoms with Gasteiger partial charge in [-0.05, 0) is 107 Å². The molecule has 7 rings (SSSR count). The minimum Gasteiger partial charge on any atom is -0.492 e. The summed E-state index contributed by atoms with van der Waals surface area (Å²) in [4.78, 5) is 0. The maximum Gasteiger partial charge on any atom is 0.135 e. The highest BCUT2D eigenvalue weighted by Gasteiger charge is 2.20. The first-order valence-corrected chi connectivity index (χ1v) is 27.5. The van der Waals surface area contributed by atoms with E-state index >= 15 is 8.78 Å². The van der Waals surface area contributed by atoms with Gasteiger partial charge in [0.05, 0.1) is 13.2 Å². The average Bonchev–Trinajstić information content (AvgIpc) is 3.38. The summed E-state index contributed by atoms with van der Waals surface area (Å²) in [5.41, 5.74) is 8.95. The Bertz CT molecular complexity index is 2490. The van der Waals surface area contributed by atoms with E-state index in [-0.39, 0.29) is 11.6 Å². The van der Waals surface area contributed by atoms with E-state index in [2.05, 4.69) is 88.4 Å². The second-order valence-corrected chi connectivity index (χ2v) is 19.8. The molecule has 0 amide bonds. The third-order valence-corrected chi connectivity index (χ3v) is 14.2. The van der Waals surface area contributed by atoms with Crippen LogP contribution in [0.25, 0.3) is 66.1 Å². The quantitative estimate of drug-likeness (QED) is 0.0330. The zero-order chi connectivity index (χ0) is 48.9. The van der Waals surface area contributed by atoms with Gasteiger partial charge >= 0.3 is 0 Å². The van der Waals surface area contributed by atoms with E-state index in [4.69, 9.17) is 9.47 Å². The van der Waals surface area contributed by atoms with Gasteiger partial charge in [0.2, 0.25) is 0 Å². The van der Waals surface area contributed by atoms with E-state index in [0.29, 0.717) is 24.3 Å². The summed E-state index contributed by atoms with van der Waals surface area (Å²) in [5.74, 6) is 1.14. The molecule has 0 unspecified atom stereocenters. The highest BCUT2D eigenvalue weighted by Crippen LogP contribution is 2.46. The third kappa shape index (κ3) is 14.3. The van der Waals surface area contributed by atoms with Gasteiger partial charge in [0.25, 0.3) is 0 Å². The molecular formula is C66H80F2O2. The monoisotopic (exact) mass is 943 g/mol. The molecule has 0 radical (unpaired) electrons. The van der Waals surface area contributed by atoms with Gasteiger partial charge in [0, 0.05) is 32.7 Å². The summed E-state index contributed by atoms with van der Waals surface area (Å²) in [6.45, 7) is 10.1. The normalized spacial score (nSPS) is 11.5. The molecule has 0 spiro atoms. The molecule has 2 nitrogen and oxygen atoms in total. The standard InChI is InChI=1S/C66H80F2O2/c1-5-9-11-13-15-17-19-21-23-43-69-65-59-41-37-54(56-36-40-58(64(68)48-56)52-33-29-50(26-8-4)30-34-52)46-62(59)66(70-44-24-22-20-18-16-14-12-10-6-2)60-42-38-53(45-61(60)65)55-35-39-57(63(67)47-55)51-31-27-49(25-7-3)28-32-51/h27-42,45-48H,5-26,43-44H2,1-4H3. The smallest absolute Gasteiger partial charge is 0.135 e. The summed E-state index contributed by atoms with van der Waals surface area (Å²) in [7, 11) is 0. The lowest BCUT2D eigenvalue weighted by Gasteiger charge is -2.20. The number of benzene rings is 7. The molecule has 370 valence electrons. The molecular weight excluding hydrogens is 863 g/mol. The molecule has 0 saturated carbocycles. The molecule has 4 heteroatoms. The van der Waals surface area contributed by atoms with Gasteiger partial charge in [-0.15, -0.1) is 0 Å². The fraction of sp³-hybridized carbons (Fsp3) is 0.424. The van der Waals surface area contributed by atoms with Crippen LogP contribution in [0.5, 0.6) is 11.5 Å². The van der Waals surface area contributed by atoms with Crippen LogP contribution in [0.3, 0.4) is 0 Å². The highest BCUT2D eigenvalue weighted by atomic mass is 19.1. The molecule has 7 aromatic rings. The van der Waals surface area contributed by atoms with Crippen LogP contribution in [0.4, 0.5) is 8.78 Å². The van der Waals surface area contributed by atoms with Gasteiger partial charge < -0.3 is 9.47 Å². The first-order valence-electron chi connectivity index (χ1n) is 27.5. The summed E-state index contributed by atoms with van der Waals surface area (Å²) in [6, 6.07) is 40.5. The summed E-state index contributed by atoms with van der Waals surface area (Å²) < 4.78 is 46.1. The lowest BCUT2D eigenvalue weighted by atomic mass is 9.93. The molecule has 0 aliphatic heterocycles. The minimum absolute atomic E-state index is 0.243. The number of halogens is 2. The Kier molecular flexibility index (Phi) is 20.8. The fourth-order valence-electron chi connectivity index (χ4n) is 10.1. The molecule has 0 bridgehead atoms. The Hall–Kier alpha value is -5.48. The summed E-state index contributed by atoms with van der Waals surface area (Å²) >= 11 is 0. The van der Waals surface area contributed by atoms with Crippen LogP contribution in [-0.2, 0) is 12.8 Å². The molecule has 0 fully saturated rings. The van der Waals surface area contributed by atoms with Gasteiger partial charge in [0.1, 0.15) is 23.1 Å². The van der Waals surface area contributed by atoms with Gasteiger partial charge in [-0.2, -0.15) is 0 Å². The zero-order valence-corrected chi connectivity index (χ0v) is 43.1. The molecule has 0 heterocycles. The van der Waals surface area contributed by atoms with Crippen LogP contribution in [0.1, 0.15) is 167 Å². The average molecular weight is 943 g/mol. The maximum absolute atomic E-state index is 16.1. The summed E-state index contributed by atoms with van der Waals surface area (Å²) in [5, 5.41) is 3.83. The van der Waals surface area contributed by atoms with Crippen molar-refractivity contribution in [3.63, 3.8) is 0 Å². The van der Waals surface area contributed by atoms with Crippen molar-refractivity contribution < 1.29 is 18.3 Å². The van der Waals surface area contributed by atoms with Crippen molar-refractivity contribution in [2.24, 2.45) is 0 Å². The van der Waals surface area contributed by atoms with E-state index in [0.717, 1.165) is 118 Å². The van der Waals surface area contributed by atoms with Crippen LogP contribution in [0.15, 0.2) is 121 Å². The van der Waals surface area contributed by atoms with E-state index in [9.17, 15) is 0 Å². The lowest BCUT2D eigenvalue weighted by Crippen LogP contribution is -2.03. The van der Waals surface area contributed by atoms with E-state index in [1.807, 2.05) is 48.5 Å². The predicted molar refractivity (Wildman–Crippen MR) is 297 cm³/mol. The van der Waals surface area contributed by atoms with Crippen molar-refractivity contribution in [1.82, 2.24) is 0 Å². The van der Waals surface area contributed by atoms with E-state index in [1.54, 1.807) is 12.1 Å². The first kappa shape index (κ1) is 52.3. The number of aryl methyl sites for hydroxylation is 2. The molecule has 0 N–H and O–H groups in total. The van der Waals surface area contributed by atoms with Crippen LogP contribution in [0.2, 0.25) is 0 Å². The minimum atomic E-state index is -0.243. The van der Waals surface area contributed by atoms with Crippen LogP contribution >= 0.6 is 0 Å². The SMILES string of the molecule is CCCCCCCCCCCOc1c2ccc(-c3ccc(-c4ccc(CCC)cc4)c(F)c3)cc2c(OCCCCCCCCCCC)c2ccc(-c3ccc(-c4ccc(CCC)cc4)c(F)c3)cc12. The number of hydrogen-bond acceptors (Lipinski definition) is 2. The number of ether oxygens (including phenoxy) is 2. The van der Waals surface area contributed by atoms with Crippen molar-refractivity contribution in [3.05, 3.63) is 144 Å². The molecule has 70 heavy (non-hydrogen) atoms. The van der Waals surface area contributed by atoms with Crippen LogP contribution in [0, 0.1) is 11.6 Å². The van der Waals surface area contributed by atoms with Gasteiger partial charge in [0.15, 0.2) is 0 Å². The Morgan fingerprint density at radius 1 is 0.300 bits per heavy atom. The number of rotatable bonds is 30. The summed E-state index contributed by atoms with van der Waals surface area (Å²) in [6.07, 6.45) is 26.4. The Balaban J connectivity index is 1.24. The van der Waals surface area contributed by atoms with Crippen LogP contribution in [-0.4, -0.2) is 13.2 Å².